The van der Waals surface area contributed by atoms with Crippen molar-refractivity contribution in [3.63, 3.8) is 0 Å². The van der Waals surface area contributed by atoms with Crippen molar-refractivity contribution < 1.29 is 0 Å². The molecule has 0 fully saturated rings. The summed E-state index contributed by atoms with van der Waals surface area (Å²) in [6, 6.07) is 11.6. The maximum Gasteiger partial charge on any atom is 0.129 e. The van der Waals surface area contributed by atoms with E-state index in [-0.39, 0.29) is 0 Å². The zero-order valence-corrected chi connectivity index (χ0v) is 10.1. The molecule has 0 atom stereocenters. The molecule has 1 heterocycles. The fourth-order valence-corrected chi connectivity index (χ4v) is 1.64. The van der Waals surface area contributed by atoms with Crippen molar-refractivity contribution in [1.29, 1.82) is 0 Å². The minimum absolute atomic E-state index is 0.659. The van der Waals surface area contributed by atoms with Gasteiger partial charge in [-0.3, -0.25) is 0 Å². The van der Waals surface area contributed by atoms with Crippen LogP contribution in [-0.2, 0) is 0 Å². The lowest BCUT2D eigenvalue weighted by Crippen LogP contribution is -1.93. The van der Waals surface area contributed by atoms with Gasteiger partial charge in [0.1, 0.15) is 12.1 Å². The van der Waals surface area contributed by atoms with Crippen molar-refractivity contribution in [3.8, 4) is 0 Å². The summed E-state index contributed by atoms with van der Waals surface area (Å²) in [5, 5.41) is 3.62. The Bertz CT molecular complexity index is 523. The molecule has 0 aliphatic carbocycles. The van der Waals surface area contributed by atoms with E-state index in [9.17, 15) is 0 Å². The highest BCUT2D eigenvalue weighted by Gasteiger charge is 1.99. The van der Waals surface area contributed by atoms with Crippen LogP contribution in [0, 0.1) is 0 Å². The van der Waals surface area contributed by atoms with Gasteiger partial charge in [-0.15, -0.1) is 0 Å². The lowest BCUT2D eigenvalue weighted by atomic mass is 10.2. The molecular weight excluding hydrogens is 234 g/mol. The van der Waals surface area contributed by atoms with Gasteiger partial charge in [-0.05, 0) is 11.6 Å². The molecule has 17 heavy (non-hydrogen) atoms. The van der Waals surface area contributed by atoms with Crippen molar-refractivity contribution in [1.82, 2.24) is 9.97 Å². The van der Waals surface area contributed by atoms with Gasteiger partial charge in [0, 0.05) is 18.1 Å². The van der Waals surface area contributed by atoms with Gasteiger partial charge in [-0.2, -0.15) is 0 Å². The third kappa shape index (κ3) is 3.04. The van der Waals surface area contributed by atoms with Gasteiger partial charge in [-0.25, -0.2) is 9.97 Å². The van der Waals surface area contributed by atoms with E-state index in [1.165, 1.54) is 6.33 Å². The lowest BCUT2D eigenvalue weighted by Gasteiger charge is -2.01. The normalized spacial score (nSPS) is 11.3. The smallest absolute Gasteiger partial charge is 0.129 e. The Kier molecular flexibility index (Phi) is 3.73. The maximum absolute atomic E-state index is 6.22. The number of hydrogen-bond acceptors (Lipinski definition) is 3. The second-order valence-corrected chi connectivity index (χ2v) is 3.84. The lowest BCUT2D eigenvalue weighted by molar-refractivity contribution is 1.14. The molecular formula is C13H12ClN3. The number of halogens is 1. The highest BCUT2D eigenvalue weighted by molar-refractivity contribution is 6.51. The topological polar surface area (TPSA) is 37.8 Å². The Morgan fingerprint density at radius 2 is 2.00 bits per heavy atom. The number of benzene rings is 1. The van der Waals surface area contributed by atoms with Gasteiger partial charge in [0.15, 0.2) is 0 Å². The van der Waals surface area contributed by atoms with Crippen molar-refractivity contribution >= 4 is 28.5 Å². The Morgan fingerprint density at radius 1 is 1.24 bits per heavy atom. The molecule has 1 N–H and O–H groups in total. The maximum atomic E-state index is 6.22. The predicted octanol–water partition coefficient (Wildman–Crippen LogP) is 3.26. The molecule has 0 radical (unpaired) electrons. The quantitative estimate of drug-likeness (QED) is 0.902. The summed E-state index contributed by atoms with van der Waals surface area (Å²) in [7, 11) is 1.81. The number of hydrogen-bond donors (Lipinski definition) is 1. The molecule has 4 heteroatoms. The molecule has 0 aliphatic rings. The van der Waals surface area contributed by atoms with Crippen LogP contribution in [0.2, 0.25) is 0 Å². The van der Waals surface area contributed by atoms with Crippen LogP contribution in [0.15, 0.2) is 42.7 Å². The molecule has 0 amide bonds. The summed E-state index contributed by atoms with van der Waals surface area (Å²) < 4.78 is 0. The molecule has 0 aliphatic heterocycles. The third-order valence-electron chi connectivity index (χ3n) is 2.27. The van der Waals surface area contributed by atoms with E-state index < -0.39 is 0 Å². The Hall–Kier alpha value is -1.87. The van der Waals surface area contributed by atoms with Crippen LogP contribution in [0.4, 0.5) is 5.82 Å². The molecule has 0 saturated heterocycles. The Labute approximate surface area is 105 Å². The minimum Gasteiger partial charge on any atom is -0.373 e. The summed E-state index contributed by atoms with van der Waals surface area (Å²) in [5.74, 6) is 0.767. The van der Waals surface area contributed by atoms with E-state index in [1.54, 1.807) is 0 Å². The van der Waals surface area contributed by atoms with Crippen molar-refractivity contribution in [2.75, 3.05) is 12.4 Å². The molecule has 0 bridgehead atoms. The molecule has 1 aromatic heterocycles. The first-order valence-corrected chi connectivity index (χ1v) is 5.60. The molecule has 2 rings (SSSR count). The van der Waals surface area contributed by atoms with Crippen LogP contribution in [0.25, 0.3) is 11.1 Å². The van der Waals surface area contributed by atoms with Crippen molar-refractivity contribution in [3.05, 3.63) is 54.0 Å². The van der Waals surface area contributed by atoms with Crippen molar-refractivity contribution in [2.24, 2.45) is 0 Å². The van der Waals surface area contributed by atoms with E-state index in [4.69, 9.17) is 11.6 Å². The fourth-order valence-electron chi connectivity index (χ4n) is 1.40. The summed E-state index contributed by atoms with van der Waals surface area (Å²) in [5.41, 5.74) is 1.75. The largest absolute Gasteiger partial charge is 0.373 e. The van der Waals surface area contributed by atoms with Crippen LogP contribution in [-0.4, -0.2) is 17.0 Å². The Morgan fingerprint density at radius 3 is 2.71 bits per heavy atom. The summed E-state index contributed by atoms with van der Waals surface area (Å²) in [6.45, 7) is 0. The van der Waals surface area contributed by atoms with Gasteiger partial charge >= 0.3 is 0 Å². The van der Waals surface area contributed by atoms with E-state index in [0.29, 0.717) is 5.03 Å². The number of aromatic nitrogens is 2. The molecule has 1 aromatic carbocycles. The van der Waals surface area contributed by atoms with Gasteiger partial charge in [-0.1, -0.05) is 41.9 Å². The molecule has 0 unspecified atom stereocenters. The van der Waals surface area contributed by atoms with E-state index >= 15 is 0 Å². The van der Waals surface area contributed by atoms with Crippen molar-refractivity contribution in [2.45, 2.75) is 0 Å². The molecule has 2 aromatic rings. The van der Waals surface area contributed by atoms with Crippen LogP contribution >= 0.6 is 11.6 Å². The van der Waals surface area contributed by atoms with Crippen LogP contribution in [0.1, 0.15) is 11.3 Å². The zero-order chi connectivity index (χ0) is 12.1. The first-order chi connectivity index (χ1) is 8.29. The molecule has 86 valence electrons. The highest BCUT2D eigenvalue weighted by atomic mass is 35.5. The van der Waals surface area contributed by atoms with E-state index in [1.807, 2.05) is 49.5 Å². The van der Waals surface area contributed by atoms with E-state index in [2.05, 4.69) is 15.3 Å². The predicted molar refractivity (Wildman–Crippen MR) is 71.7 cm³/mol. The average Bonchev–Trinajstić information content (AvgIpc) is 2.40. The number of nitrogens with one attached hydrogen (secondary N) is 1. The van der Waals surface area contributed by atoms with Gasteiger partial charge in [0.2, 0.25) is 0 Å². The highest BCUT2D eigenvalue weighted by Crippen LogP contribution is 2.21. The standard InChI is InChI=1S/C13H12ClN3/c1-15-13-8-11(16-9-17-13)7-12(14)10-5-3-2-4-6-10/h2-9H,1H3,(H,15,16,17)/b12-7-. The van der Waals surface area contributed by atoms with Gasteiger partial charge in [0.05, 0.1) is 5.69 Å². The summed E-state index contributed by atoms with van der Waals surface area (Å²) in [4.78, 5) is 8.18. The zero-order valence-electron chi connectivity index (χ0n) is 9.39. The number of rotatable bonds is 3. The first-order valence-electron chi connectivity index (χ1n) is 5.22. The fraction of sp³-hybridized carbons (Fsp3) is 0.0769. The van der Waals surface area contributed by atoms with Crippen LogP contribution in [0.5, 0.6) is 0 Å². The van der Waals surface area contributed by atoms with E-state index in [0.717, 1.165) is 17.1 Å². The molecule has 3 nitrogen and oxygen atoms in total. The summed E-state index contributed by atoms with van der Waals surface area (Å²) >= 11 is 6.22. The minimum atomic E-state index is 0.659. The second-order valence-electron chi connectivity index (χ2n) is 3.44. The third-order valence-corrected chi connectivity index (χ3v) is 2.60. The van der Waals surface area contributed by atoms with Crippen LogP contribution < -0.4 is 5.32 Å². The number of anilines is 1. The van der Waals surface area contributed by atoms with Gasteiger partial charge < -0.3 is 5.32 Å². The second kappa shape index (κ2) is 5.46. The first kappa shape index (κ1) is 11.6. The van der Waals surface area contributed by atoms with Crippen LogP contribution in [0.3, 0.4) is 0 Å². The van der Waals surface area contributed by atoms with Gasteiger partial charge in [0.25, 0.3) is 0 Å². The number of nitrogens with zero attached hydrogens (tertiary/aromatic N) is 2. The average molecular weight is 246 g/mol. The molecule has 0 saturated carbocycles. The monoisotopic (exact) mass is 245 g/mol. The molecule has 0 spiro atoms. The SMILES string of the molecule is CNc1cc(/C=C(\Cl)c2ccccc2)ncn1. The summed E-state index contributed by atoms with van der Waals surface area (Å²) in [6.07, 6.45) is 3.33. The Balaban J connectivity index is 2.29.